The number of piperidine rings is 1. The smallest absolute Gasteiger partial charge is 0.407 e. The van der Waals surface area contributed by atoms with Crippen molar-refractivity contribution in [2.45, 2.75) is 64.0 Å². The number of rotatable bonds is 15. The first-order valence-corrected chi connectivity index (χ1v) is 18.9. The first-order chi connectivity index (χ1) is 26.1. The van der Waals surface area contributed by atoms with Gasteiger partial charge < -0.3 is 29.3 Å². The molecule has 0 atom stereocenters. The molecule has 53 heavy (non-hydrogen) atoms. The minimum absolute atomic E-state index is 0.193. The number of hydrogen-bond donors (Lipinski definition) is 1. The molecule has 8 nitrogen and oxygen atoms in total. The molecule has 2 heterocycles. The van der Waals surface area contributed by atoms with Gasteiger partial charge in [-0.05, 0) is 92.1 Å². The molecule has 1 saturated carbocycles. The van der Waals surface area contributed by atoms with Crippen LogP contribution in [0.3, 0.4) is 0 Å². The van der Waals surface area contributed by atoms with Crippen LogP contribution in [0.1, 0.15) is 48.8 Å². The number of pyridine rings is 1. The average molecular weight is 711 g/mol. The Balaban J connectivity index is 0.891. The summed E-state index contributed by atoms with van der Waals surface area (Å²) in [6.07, 6.45) is 5.19. The highest BCUT2D eigenvalue weighted by atomic mass is 16.5. The molecule has 4 aromatic carbocycles. The molecule has 0 bridgehead atoms. The fourth-order valence-electron chi connectivity index (χ4n) is 7.21. The van der Waals surface area contributed by atoms with E-state index in [0.29, 0.717) is 43.5 Å². The third-order valence-corrected chi connectivity index (χ3v) is 10.6. The van der Waals surface area contributed by atoms with Gasteiger partial charge in [0.2, 0.25) is 11.8 Å². The lowest BCUT2D eigenvalue weighted by molar-refractivity contribution is 0.0947. The molecule has 0 unspecified atom stereocenters. The maximum absolute atomic E-state index is 12.3. The van der Waals surface area contributed by atoms with Crippen LogP contribution >= 0.6 is 0 Å². The number of ether oxygens (including phenoxy) is 3. The molecular weight excluding hydrogens is 661 g/mol. The molecule has 5 aromatic rings. The van der Waals surface area contributed by atoms with Crippen molar-refractivity contribution < 1.29 is 19.0 Å². The van der Waals surface area contributed by atoms with Crippen molar-refractivity contribution in [1.29, 1.82) is 0 Å². The molecular formula is C45H50N4O4. The number of benzene rings is 4. The van der Waals surface area contributed by atoms with Crippen molar-refractivity contribution in [3.8, 4) is 22.9 Å². The normalized spacial score (nSPS) is 17.2. The number of amides is 1. The molecule has 0 radical (unpaired) electrons. The largest absolute Gasteiger partial charge is 0.473 e. The number of hydrogen-bond acceptors (Lipinski definition) is 7. The predicted molar refractivity (Wildman–Crippen MR) is 210 cm³/mol. The molecule has 1 aliphatic carbocycles. The second kappa shape index (κ2) is 17.9. The average Bonchev–Trinajstić information content (AvgIpc) is 3.20. The van der Waals surface area contributed by atoms with E-state index in [1.165, 1.54) is 24.9 Å². The highest BCUT2D eigenvalue weighted by Gasteiger charge is 2.33. The zero-order valence-electron chi connectivity index (χ0n) is 30.6. The fraction of sp³-hybridized carbons (Fsp3) is 0.333. The van der Waals surface area contributed by atoms with E-state index < -0.39 is 0 Å². The summed E-state index contributed by atoms with van der Waals surface area (Å²) >= 11 is 0. The van der Waals surface area contributed by atoms with Crippen LogP contribution in [-0.4, -0.2) is 54.7 Å². The van der Waals surface area contributed by atoms with Crippen LogP contribution in [0.4, 0.5) is 10.5 Å². The number of nitrogens with zero attached hydrogens (tertiary/aromatic N) is 3. The number of anilines is 1. The predicted octanol–water partition coefficient (Wildman–Crippen LogP) is 8.90. The van der Waals surface area contributed by atoms with E-state index in [9.17, 15) is 4.79 Å². The summed E-state index contributed by atoms with van der Waals surface area (Å²) in [7, 11) is 2.23. The number of carbonyl (C=O) groups excluding carboxylic acids is 1. The lowest BCUT2D eigenvalue weighted by Gasteiger charge is -2.42. The Morgan fingerprint density at radius 2 is 1.38 bits per heavy atom. The molecule has 7 rings (SSSR count). The second-order valence-corrected chi connectivity index (χ2v) is 14.3. The van der Waals surface area contributed by atoms with E-state index in [1.807, 2.05) is 84.9 Å². The maximum atomic E-state index is 12.3. The third kappa shape index (κ3) is 10.2. The minimum atomic E-state index is -0.326. The van der Waals surface area contributed by atoms with Crippen LogP contribution in [0, 0.1) is 5.92 Å². The Morgan fingerprint density at radius 3 is 2.04 bits per heavy atom. The standard InChI is InChI=1S/C45H50N4O4/c1-48(41-29-39(30-41)46-45(50)53-33-37-16-9-4-10-17-37)25-22-34-23-26-49(27-24-34)40-19-11-18-38(28-40)42-20-21-43(51-31-35-12-5-2-6-13-35)47-44(42)52-32-36-14-7-3-8-15-36/h2-21,28,34,39,41H,22-27,29-33H2,1H3,(H,46,50). The highest BCUT2D eigenvalue weighted by molar-refractivity contribution is 5.73. The summed E-state index contributed by atoms with van der Waals surface area (Å²) < 4.78 is 17.8. The Kier molecular flexibility index (Phi) is 12.2. The SMILES string of the molecule is CN(CCC1CCN(c2cccc(-c3ccc(OCc4ccccc4)nc3OCc3ccccc3)c2)CC1)C1CC(NC(=O)OCc2ccccc2)C1. The van der Waals surface area contributed by atoms with Crippen LogP contribution in [0.5, 0.6) is 11.8 Å². The first kappa shape index (κ1) is 36.0. The number of carbonyl (C=O) groups is 1. The molecule has 1 aromatic heterocycles. The molecule has 1 aliphatic heterocycles. The molecule has 1 amide bonds. The van der Waals surface area contributed by atoms with E-state index in [-0.39, 0.29) is 12.1 Å². The molecule has 2 fully saturated rings. The van der Waals surface area contributed by atoms with Gasteiger partial charge in [-0.25, -0.2) is 4.79 Å². The lowest BCUT2D eigenvalue weighted by atomic mass is 9.85. The molecule has 1 saturated heterocycles. The maximum Gasteiger partial charge on any atom is 0.407 e. The summed E-state index contributed by atoms with van der Waals surface area (Å²) in [5.74, 6) is 1.82. The molecule has 1 N–H and O–H groups in total. The van der Waals surface area contributed by atoms with Crippen LogP contribution < -0.4 is 19.7 Å². The number of alkyl carbamates (subject to hydrolysis) is 1. The fourth-order valence-corrected chi connectivity index (χ4v) is 7.21. The molecule has 8 heteroatoms. The van der Waals surface area contributed by atoms with E-state index >= 15 is 0 Å². The Bertz CT molecular complexity index is 1880. The Labute approximate surface area is 313 Å². The van der Waals surface area contributed by atoms with Crippen LogP contribution in [0.25, 0.3) is 11.1 Å². The van der Waals surface area contributed by atoms with Crippen molar-refractivity contribution in [1.82, 2.24) is 15.2 Å². The van der Waals surface area contributed by atoms with Gasteiger partial charge in [0.05, 0.1) is 0 Å². The van der Waals surface area contributed by atoms with E-state index in [1.54, 1.807) is 0 Å². The summed E-state index contributed by atoms with van der Waals surface area (Å²) in [6.45, 7) is 4.34. The van der Waals surface area contributed by atoms with Crippen molar-refractivity contribution >= 4 is 11.8 Å². The van der Waals surface area contributed by atoms with Crippen molar-refractivity contribution in [2.24, 2.45) is 5.92 Å². The third-order valence-electron chi connectivity index (χ3n) is 10.6. The van der Waals surface area contributed by atoms with Gasteiger partial charge in [0.15, 0.2) is 0 Å². The summed E-state index contributed by atoms with van der Waals surface area (Å²) in [5, 5.41) is 3.03. The Hall–Kier alpha value is -5.34. The molecule has 2 aliphatic rings. The van der Waals surface area contributed by atoms with Crippen LogP contribution in [0.2, 0.25) is 0 Å². The topological polar surface area (TPSA) is 76.2 Å². The van der Waals surface area contributed by atoms with Gasteiger partial charge in [0.25, 0.3) is 0 Å². The van der Waals surface area contributed by atoms with Gasteiger partial charge in [-0.15, -0.1) is 0 Å². The lowest BCUT2D eigenvalue weighted by Crippen LogP contribution is -2.53. The van der Waals surface area contributed by atoms with Gasteiger partial charge in [-0.1, -0.05) is 103 Å². The second-order valence-electron chi connectivity index (χ2n) is 14.3. The van der Waals surface area contributed by atoms with E-state index in [2.05, 4.69) is 64.6 Å². The van der Waals surface area contributed by atoms with Crippen molar-refractivity contribution in [2.75, 3.05) is 31.6 Å². The van der Waals surface area contributed by atoms with E-state index in [4.69, 9.17) is 19.2 Å². The summed E-state index contributed by atoms with van der Waals surface area (Å²) in [6, 6.07) is 43.6. The summed E-state index contributed by atoms with van der Waals surface area (Å²) in [5.41, 5.74) is 6.43. The zero-order chi connectivity index (χ0) is 36.2. The van der Waals surface area contributed by atoms with Gasteiger partial charge in [0.1, 0.15) is 19.8 Å². The van der Waals surface area contributed by atoms with Crippen LogP contribution in [-0.2, 0) is 24.6 Å². The van der Waals surface area contributed by atoms with Gasteiger partial charge in [-0.2, -0.15) is 4.98 Å². The minimum Gasteiger partial charge on any atom is -0.473 e. The van der Waals surface area contributed by atoms with Crippen molar-refractivity contribution in [3.63, 3.8) is 0 Å². The van der Waals surface area contributed by atoms with Gasteiger partial charge in [0, 0.05) is 42.5 Å². The molecule has 0 spiro atoms. The number of nitrogens with one attached hydrogen (secondary N) is 1. The van der Waals surface area contributed by atoms with Gasteiger partial charge in [-0.3, -0.25) is 0 Å². The first-order valence-electron chi connectivity index (χ1n) is 18.9. The monoisotopic (exact) mass is 710 g/mol. The Morgan fingerprint density at radius 1 is 0.755 bits per heavy atom. The highest BCUT2D eigenvalue weighted by Crippen LogP contribution is 2.35. The van der Waals surface area contributed by atoms with Gasteiger partial charge >= 0.3 is 6.09 Å². The quantitative estimate of drug-likeness (QED) is 0.116. The number of aromatic nitrogens is 1. The van der Waals surface area contributed by atoms with Crippen molar-refractivity contribution in [3.05, 3.63) is 144 Å². The zero-order valence-corrected chi connectivity index (χ0v) is 30.6. The summed E-state index contributed by atoms with van der Waals surface area (Å²) in [4.78, 5) is 22.1. The molecule has 274 valence electrons. The van der Waals surface area contributed by atoms with E-state index in [0.717, 1.165) is 60.3 Å². The van der Waals surface area contributed by atoms with Crippen LogP contribution in [0.15, 0.2) is 127 Å².